The van der Waals surface area contributed by atoms with Gasteiger partial charge < -0.3 is 14.8 Å². The number of halogens is 1. The minimum Gasteiger partial charge on any atom is -0.493 e. The maximum atomic E-state index is 5.25. The molecule has 0 aliphatic heterocycles. The van der Waals surface area contributed by atoms with E-state index in [1.807, 2.05) is 30.3 Å². The summed E-state index contributed by atoms with van der Waals surface area (Å²) in [5.41, 5.74) is 4.50. The highest BCUT2D eigenvalue weighted by Gasteiger charge is 2.05. The Morgan fingerprint density at radius 1 is 1.13 bits per heavy atom. The first kappa shape index (κ1) is 17.2. The Bertz CT molecular complexity index is 722. The third-order valence-electron chi connectivity index (χ3n) is 2.92. The van der Waals surface area contributed by atoms with E-state index in [1.165, 1.54) is 0 Å². The number of benzene rings is 2. The number of methoxy groups -OCH3 is 2. The van der Waals surface area contributed by atoms with Crippen LogP contribution in [0.5, 0.6) is 11.5 Å². The van der Waals surface area contributed by atoms with Gasteiger partial charge in [0, 0.05) is 21.8 Å². The molecule has 0 atom stereocenters. The van der Waals surface area contributed by atoms with Crippen molar-refractivity contribution in [1.29, 1.82) is 0 Å². The van der Waals surface area contributed by atoms with Gasteiger partial charge in [0.2, 0.25) is 0 Å². The molecule has 120 valence electrons. The Hall–Kier alpha value is -2.12. The summed E-state index contributed by atoms with van der Waals surface area (Å²) in [7, 11) is 3.17. The third kappa shape index (κ3) is 4.94. The normalized spacial score (nSPS) is 10.4. The SMILES string of the molecule is COc1ccc(NC(=S)NN=Cc2ccccc2Br)cc1OC. The predicted molar refractivity (Wildman–Crippen MR) is 101 cm³/mol. The van der Waals surface area contributed by atoms with Gasteiger partial charge >= 0.3 is 0 Å². The van der Waals surface area contributed by atoms with E-state index in [0.29, 0.717) is 16.6 Å². The molecule has 0 spiro atoms. The van der Waals surface area contributed by atoms with E-state index in [4.69, 9.17) is 21.7 Å². The molecule has 0 aliphatic carbocycles. The van der Waals surface area contributed by atoms with Gasteiger partial charge in [-0.15, -0.1) is 0 Å². The minimum atomic E-state index is 0.375. The Morgan fingerprint density at radius 2 is 1.87 bits per heavy atom. The number of hydrogen-bond donors (Lipinski definition) is 2. The second-order valence-corrected chi connectivity index (χ2v) is 5.68. The zero-order valence-corrected chi connectivity index (χ0v) is 15.1. The average molecular weight is 394 g/mol. The Morgan fingerprint density at radius 3 is 2.57 bits per heavy atom. The van der Waals surface area contributed by atoms with Crippen LogP contribution < -0.4 is 20.2 Å². The maximum Gasteiger partial charge on any atom is 0.191 e. The van der Waals surface area contributed by atoms with Gasteiger partial charge in [0.25, 0.3) is 0 Å². The van der Waals surface area contributed by atoms with Gasteiger partial charge in [-0.3, -0.25) is 5.43 Å². The zero-order valence-electron chi connectivity index (χ0n) is 12.7. The molecule has 2 aromatic rings. The first-order valence-corrected chi connectivity index (χ1v) is 7.90. The number of thiocarbonyl (C=S) groups is 1. The lowest BCUT2D eigenvalue weighted by Crippen LogP contribution is -2.23. The molecule has 5 nitrogen and oxygen atoms in total. The van der Waals surface area contributed by atoms with Crippen LogP contribution in [0.2, 0.25) is 0 Å². The Kier molecular flexibility index (Phi) is 6.37. The molecule has 0 fully saturated rings. The number of anilines is 1. The largest absolute Gasteiger partial charge is 0.493 e. The van der Waals surface area contributed by atoms with Crippen molar-refractivity contribution in [2.45, 2.75) is 0 Å². The summed E-state index contributed by atoms with van der Waals surface area (Å²) in [6.45, 7) is 0. The molecule has 23 heavy (non-hydrogen) atoms. The molecular formula is C16H16BrN3O2S. The summed E-state index contributed by atoms with van der Waals surface area (Å²) in [5.74, 6) is 1.28. The topological polar surface area (TPSA) is 54.9 Å². The summed E-state index contributed by atoms with van der Waals surface area (Å²) in [6, 6.07) is 13.2. The van der Waals surface area contributed by atoms with Gasteiger partial charge in [0.05, 0.1) is 20.4 Å². The van der Waals surface area contributed by atoms with Gasteiger partial charge in [-0.1, -0.05) is 34.1 Å². The van der Waals surface area contributed by atoms with Gasteiger partial charge in [-0.05, 0) is 30.4 Å². The van der Waals surface area contributed by atoms with Gasteiger partial charge in [0.15, 0.2) is 16.6 Å². The van der Waals surface area contributed by atoms with Gasteiger partial charge in [-0.2, -0.15) is 5.10 Å². The van der Waals surface area contributed by atoms with Crippen molar-refractivity contribution in [3.05, 3.63) is 52.5 Å². The van der Waals surface area contributed by atoms with Crippen LogP contribution in [0, 0.1) is 0 Å². The second-order valence-electron chi connectivity index (χ2n) is 4.42. The van der Waals surface area contributed by atoms with E-state index in [0.717, 1.165) is 15.7 Å². The summed E-state index contributed by atoms with van der Waals surface area (Å²) >= 11 is 8.66. The van der Waals surface area contributed by atoms with Crippen LogP contribution in [-0.4, -0.2) is 25.5 Å². The molecule has 0 heterocycles. The molecule has 0 saturated heterocycles. The molecule has 0 aliphatic rings. The number of hydrazone groups is 1. The summed E-state index contributed by atoms with van der Waals surface area (Å²) in [5, 5.41) is 7.51. The fourth-order valence-corrected chi connectivity index (χ4v) is 2.37. The predicted octanol–water partition coefficient (Wildman–Crippen LogP) is 3.79. The number of ether oxygens (including phenoxy) is 2. The summed E-state index contributed by atoms with van der Waals surface area (Å²) < 4.78 is 11.4. The number of nitrogens with zero attached hydrogens (tertiary/aromatic N) is 1. The lowest BCUT2D eigenvalue weighted by Gasteiger charge is -2.11. The molecule has 2 aromatic carbocycles. The highest BCUT2D eigenvalue weighted by atomic mass is 79.9. The zero-order chi connectivity index (χ0) is 16.7. The van der Waals surface area contributed by atoms with Crippen LogP contribution in [-0.2, 0) is 0 Å². The molecule has 2 N–H and O–H groups in total. The van der Waals surface area contributed by atoms with Gasteiger partial charge in [-0.25, -0.2) is 0 Å². The molecule has 0 amide bonds. The smallest absolute Gasteiger partial charge is 0.191 e. The van der Waals surface area contributed by atoms with Gasteiger partial charge in [0.1, 0.15) is 0 Å². The van der Waals surface area contributed by atoms with E-state index < -0.39 is 0 Å². The van der Waals surface area contributed by atoms with Crippen molar-refractivity contribution in [2.24, 2.45) is 5.10 Å². The molecule has 0 bridgehead atoms. The molecule has 2 rings (SSSR count). The van der Waals surface area contributed by atoms with Crippen molar-refractivity contribution < 1.29 is 9.47 Å². The van der Waals surface area contributed by atoms with Crippen molar-refractivity contribution in [1.82, 2.24) is 5.43 Å². The quantitative estimate of drug-likeness (QED) is 0.459. The first-order valence-electron chi connectivity index (χ1n) is 6.70. The maximum absolute atomic E-state index is 5.25. The fourth-order valence-electron chi connectivity index (χ4n) is 1.81. The van der Waals surface area contributed by atoms with Crippen molar-refractivity contribution in [3.63, 3.8) is 0 Å². The van der Waals surface area contributed by atoms with E-state index in [-0.39, 0.29) is 0 Å². The Balaban J connectivity index is 1.96. The molecule has 7 heteroatoms. The van der Waals surface area contributed by atoms with Crippen molar-refractivity contribution >= 4 is 45.2 Å². The molecule has 0 radical (unpaired) electrons. The van der Waals surface area contributed by atoms with E-state index in [2.05, 4.69) is 31.8 Å². The Labute approximate surface area is 148 Å². The van der Waals surface area contributed by atoms with Crippen LogP contribution in [0.1, 0.15) is 5.56 Å². The highest BCUT2D eigenvalue weighted by Crippen LogP contribution is 2.29. The molecule has 0 unspecified atom stereocenters. The van der Waals surface area contributed by atoms with E-state index in [9.17, 15) is 0 Å². The summed E-state index contributed by atoms with van der Waals surface area (Å²) in [6.07, 6.45) is 1.69. The van der Waals surface area contributed by atoms with Crippen molar-refractivity contribution in [2.75, 3.05) is 19.5 Å². The van der Waals surface area contributed by atoms with Crippen LogP contribution >= 0.6 is 28.1 Å². The lowest BCUT2D eigenvalue weighted by atomic mass is 10.2. The highest BCUT2D eigenvalue weighted by molar-refractivity contribution is 9.10. The van der Waals surface area contributed by atoms with E-state index in [1.54, 1.807) is 32.6 Å². The molecule has 0 saturated carbocycles. The number of hydrogen-bond acceptors (Lipinski definition) is 4. The summed E-state index contributed by atoms with van der Waals surface area (Å²) in [4.78, 5) is 0. The third-order valence-corrected chi connectivity index (χ3v) is 3.83. The lowest BCUT2D eigenvalue weighted by molar-refractivity contribution is 0.355. The molecule has 0 aromatic heterocycles. The average Bonchev–Trinajstić information content (AvgIpc) is 2.56. The number of nitrogens with one attached hydrogen (secondary N) is 2. The van der Waals surface area contributed by atoms with Crippen LogP contribution in [0.25, 0.3) is 0 Å². The number of rotatable bonds is 5. The van der Waals surface area contributed by atoms with Crippen LogP contribution in [0.4, 0.5) is 5.69 Å². The van der Waals surface area contributed by atoms with Crippen molar-refractivity contribution in [3.8, 4) is 11.5 Å². The van der Waals surface area contributed by atoms with E-state index >= 15 is 0 Å². The fraction of sp³-hybridized carbons (Fsp3) is 0.125. The first-order chi connectivity index (χ1) is 11.1. The second kappa shape index (κ2) is 8.50. The minimum absolute atomic E-state index is 0.375. The van der Waals surface area contributed by atoms with Crippen LogP contribution in [0.15, 0.2) is 52.0 Å². The van der Waals surface area contributed by atoms with Crippen LogP contribution in [0.3, 0.4) is 0 Å². The molecular weight excluding hydrogens is 378 g/mol. The standard InChI is InChI=1S/C16H16BrN3O2S/c1-21-14-8-7-12(9-15(14)22-2)19-16(23)20-18-10-11-5-3-4-6-13(11)17/h3-10H,1-2H3,(H2,19,20,23). The monoisotopic (exact) mass is 393 g/mol.